The molecule has 3 fully saturated rings. The van der Waals surface area contributed by atoms with Crippen molar-refractivity contribution in [2.75, 3.05) is 65.6 Å². The van der Waals surface area contributed by atoms with Gasteiger partial charge in [-0.25, -0.2) is 0 Å². The number of hydrogen-bond acceptors (Lipinski definition) is 5. The standard InChI is InChI=1S/C13H26N4O5S2/c18-23(19,14-4-2-1-3-5-14)15-6-8-16(9-7-15)24(20,21)17-10-12-22-13-11-17/h1-13H2. The number of piperidine rings is 1. The van der Waals surface area contributed by atoms with E-state index in [1.165, 1.54) is 17.2 Å². The van der Waals surface area contributed by atoms with Crippen LogP contribution in [-0.4, -0.2) is 99.6 Å². The minimum Gasteiger partial charge on any atom is -0.379 e. The second-order valence-electron chi connectivity index (χ2n) is 6.28. The van der Waals surface area contributed by atoms with Crippen LogP contribution in [0.1, 0.15) is 19.3 Å². The molecule has 0 bridgehead atoms. The fourth-order valence-corrected chi connectivity index (χ4v) is 6.56. The van der Waals surface area contributed by atoms with E-state index >= 15 is 0 Å². The lowest BCUT2D eigenvalue weighted by atomic mass is 10.2. The van der Waals surface area contributed by atoms with Gasteiger partial charge in [0.2, 0.25) is 0 Å². The van der Waals surface area contributed by atoms with Gasteiger partial charge in [-0.15, -0.1) is 0 Å². The number of morpholine rings is 1. The van der Waals surface area contributed by atoms with Crippen molar-refractivity contribution >= 4 is 20.4 Å². The summed E-state index contributed by atoms with van der Waals surface area (Å²) in [6, 6.07) is 0. The molecule has 0 amide bonds. The average Bonchev–Trinajstić information content (AvgIpc) is 2.63. The van der Waals surface area contributed by atoms with Gasteiger partial charge in [-0.3, -0.25) is 0 Å². The fourth-order valence-electron chi connectivity index (χ4n) is 3.33. The molecule has 0 aromatic carbocycles. The zero-order chi connectivity index (χ0) is 17.2. The van der Waals surface area contributed by atoms with E-state index in [0.29, 0.717) is 39.4 Å². The molecule has 0 unspecified atom stereocenters. The van der Waals surface area contributed by atoms with Gasteiger partial charge in [0, 0.05) is 52.4 Å². The normalized spacial score (nSPS) is 27.3. The molecule has 0 saturated carbocycles. The molecule has 3 aliphatic heterocycles. The van der Waals surface area contributed by atoms with Crippen molar-refractivity contribution in [1.82, 2.24) is 17.2 Å². The van der Waals surface area contributed by atoms with Gasteiger partial charge < -0.3 is 4.74 Å². The lowest BCUT2D eigenvalue weighted by Gasteiger charge is -2.39. The average molecular weight is 383 g/mol. The van der Waals surface area contributed by atoms with Gasteiger partial charge in [-0.2, -0.15) is 34.1 Å². The van der Waals surface area contributed by atoms with Crippen LogP contribution in [-0.2, 0) is 25.2 Å². The van der Waals surface area contributed by atoms with E-state index < -0.39 is 20.4 Å². The van der Waals surface area contributed by atoms with E-state index in [9.17, 15) is 16.8 Å². The van der Waals surface area contributed by atoms with E-state index in [4.69, 9.17) is 4.74 Å². The Morgan fingerprint density at radius 1 is 0.500 bits per heavy atom. The molecule has 0 atom stereocenters. The molecular formula is C13H26N4O5S2. The summed E-state index contributed by atoms with van der Waals surface area (Å²) in [6.07, 6.45) is 2.85. The van der Waals surface area contributed by atoms with E-state index in [2.05, 4.69) is 0 Å². The third kappa shape index (κ3) is 3.76. The minimum absolute atomic E-state index is 0.201. The van der Waals surface area contributed by atoms with E-state index in [-0.39, 0.29) is 26.2 Å². The van der Waals surface area contributed by atoms with Crippen molar-refractivity contribution in [1.29, 1.82) is 0 Å². The second kappa shape index (κ2) is 7.52. The van der Waals surface area contributed by atoms with Crippen molar-refractivity contribution in [2.45, 2.75) is 19.3 Å². The summed E-state index contributed by atoms with van der Waals surface area (Å²) in [4.78, 5) is 0. The van der Waals surface area contributed by atoms with Crippen LogP contribution in [0.3, 0.4) is 0 Å². The van der Waals surface area contributed by atoms with Crippen LogP contribution in [0, 0.1) is 0 Å². The van der Waals surface area contributed by atoms with Crippen LogP contribution >= 0.6 is 0 Å². The predicted octanol–water partition coefficient (Wildman–Crippen LogP) is -1.09. The molecule has 0 spiro atoms. The Labute approximate surface area is 144 Å². The van der Waals surface area contributed by atoms with Gasteiger partial charge in [0.25, 0.3) is 20.4 Å². The van der Waals surface area contributed by atoms with Gasteiger partial charge in [0.15, 0.2) is 0 Å². The zero-order valence-electron chi connectivity index (χ0n) is 13.8. The highest BCUT2D eigenvalue weighted by Gasteiger charge is 2.38. The Morgan fingerprint density at radius 3 is 1.33 bits per heavy atom. The summed E-state index contributed by atoms with van der Waals surface area (Å²) in [5.41, 5.74) is 0. The molecule has 3 aliphatic rings. The summed E-state index contributed by atoms with van der Waals surface area (Å²) >= 11 is 0. The Bertz CT molecular complexity index is 563. The molecule has 3 saturated heterocycles. The molecule has 24 heavy (non-hydrogen) atoms. The van der Waals surface area contributed by atoms with Gasteiger partial charge in [-0.05, 0) is 12.8 Å². The van der Waals surface area contributed by atoms with E-state index in [1.54, 1.807) is 0 Å². The SMILES string of the molecule is O=S(=O)(N1CCCCC1)N1CCN(S(=O)(=O)N2CCOCC2)CC1. The topological polar surface area (TPSA) is 90.5 Å². The van der Waals surface area contributed by atoms with Crippen LogP contribution in [0.4, 0.5) is 0 Å². The maximum Gasteiger partial charge on any atom is 0.282 e. The number of rotatable bonds is 4. The Kier molecular flexibility index (Phi) is 5.79. The maximum absolute atomic E-state index is 12.7. The highest BCUT2D eigenvalue weighted by Crippen LogP contribution is 2.20. The summed E-state index contributed by atoms with van der Waals surface area (Å²) in [5, 5.41) is 0. The quantitative estimate of drug-likeness (QED) is 0.616. The largest absolute Gasteiger partial charge is 0.379 e. The minimum atomic E-state index is -3.53. The predicted molar refractivity (Wildman–Crippen MR) is 88.8 cm³/mol. The number of piperazine rings is 1. The second-order valence-corrected chi connectivity index (χ2v) is 10.1. The molecule has 0 radical (unpaired) electrons. The molecular weight excluding hydrogens is 356 g/mol. The molecule has 0 aromatic rings. The van der Waals surface area contributed by atoms with Crippen LogP contribution in [0.15, 0.2) is 0 Å². The summed E-state index contributed by atoms with van der Waals surface area (Å²) in [5.74, 6) is 0. The van der Waals surface area contributed by atoms with Crippen molar-refractivity contribution in [2.24, 2.45) is 0 Å². The molecule has 0 aromatic heterocycles. The van der Waals surface area contributed by atoms with Crippen LogP contribution in [0.5, 0.6) is 0 Å². The van der Waals surface area contributed by atoms with Crippen molar-refractivity contribution in [3.8, 4) is 0 Å². The highest BCUT2D eigenvalue weighted by atomic mass is 32.2. The maximum atomic E-state index is 12.7. The molecule has 0 aliphatic carbocycles. The van der Waals surface area contributed by atoms with Crippen molar-refractivity contribution in [3.63, 3.8) is 0 Å². The van der Waals surface area contributed by atoms with Crippen molar-refractivity contribution < 1.29 is 21.6 Å². The summed E-state index contributed by atoms with van der Waals surface area (Å²) in [7, 11) is -6.99. The summed E-state index contributed by atoms with van der Waals surface area (Å²) < 4.78 is 61.5. The molecule has 0 N–H and O–H groups in total. The third-order valence-corrected chi connectivity index (χ3v) is 8.86. The first-order valence-electron chi connectivity index (χ1n) is 8.50. The van der Waals surface area contributed by atoms with Crippen LogP contribution < -0.4 is 0 Å². The molecule has 11 heteroatoms. The lowest BCUT2D eigenvalue weighted by molar-refractivity contribution is 0.0693. The Balaban J connectivity index is 1.60. The lowest BCUT2D eigenvalue weighted by Crippen LogP contribution is -2.57. The Morgan fingerprint density at radius 2 is 0.875 bits per heavy atom. The smallest absolute Gasteiger partial charge is 0.282 e. The number of hydrogen-bond donors (Lipinski definition) is 0. The monoisotopic (exact) mass is 382 g/mol. The zero-order valence-corrected chi connectivity index (χ0v) is 15.5. The van der Waals surface area contributed by atoms with Gasteiger partial charge in [0.05, 0.1) is 13.2 Å². The van der Waals surface area contributed by atoms with Gasteiger partial charge in [0.1, 0.15) is 0 Å². The fraction of sp³-hybridized carbons (Fsp3) is 1.00. The van der Waals surface area contributed by atoms with Crippen LogP contribution in [0.2, 0.25) is 0 Å². The Hall–Kier alpha value is -0.300. The van der Waals surface area contributed by atoms with Crippen LogP contribution in [0.25, 0.3) is 0 Å². The summed E-state index contributed by atoms with van der Waals surface area (Å²) in [6.45, 7) is 3.47. The first-order valence-corrected chi connectivity index (χ1v) is 11.3. The van der Waals surface area contributed by atoms with Gasteiger partial charge >= 0.3 is 0 Å². The molecule has 9 nitrogen and oxygen atoms in total. The van der Waals surface area contributed by atoms with Gasteiger partial charge in [-0.1, -0.05) is 6.42 Å². The highest BCUT2D eigenvalue weighted by molar-refractivity contribution is 7.87. The number of ether oxygens (including phenoxy) is 1. The molecule has 140 valence electrons. The number of nitrogens with zero attached hydrogens (tertiary/aromatic N) is 4. The van der Waals surface area contributed by atoms with Crippen molar-refractivity contribution in [3.05, 3.63) is 0 Å². The van der Waals surface area contributed by atoms with E-state index in [1.807, 2.05) is 0 Å². The molecule has 3 heterocycles. The first kappa shape index (κ1) is 18.5. The van der Waals surface area contributed by atoms with E-state index in [0.717, 1.165) is 19.3 Å². The molecule has 3 rings (SSSR count). The first-order chi connectivity index (χ1) is 11.4. The third-order valence-electron chi connectivity index (χ3n) is 4.79.